The van der Waals surface area contributed by atoms with E-state index in [9.17, 15) is 9.46 Å². The van der Waals surface area contributed by atoms with Crippen molar-refractivity contribution in [3.05, 3.63) is 24.3 Å². The van der Waals surface area contributed by atoms with Gasteiger partial charge in [-0.1, -0.05) is 25.5 Å². The minimum absolute atomic E-state index is 0.0832. The number of para-hydroxylation sites is 2. The van der Waals surface area contributed by atoms with Crippen molar-refractivity contribution in [3.8, 4) is 11.5 Å². The molecular weight excluding hydrogens is 387 g/mol. The third-order valence-electron chi connectivity index (χ3n) is 3.92. The van der Waals surface area contributed by atoms with E-state index in [0.717, 1.165) is 6.42 Å². The van der Waals surface area contributed by atoms with Crippen molar-refractivity contribution in [2.24, 2.45) is 0 Å². The van der Waals surface area contributed by atoms with Crippen LogP contribution in [0.25, 0.3) is 0 Å². The molecule has 2 unspecified atom stereocenters. The van der Waals surface area contributed by atoms with Crippen LogP contribution in [0.1, 0.15) is 32.6 Å². The Hall–Kier alpha value is -1.15. The lowest BCUT2D eigenvalue weighted by Gasteiger charge is -2.21. The molecule has 1 aliphatic heterocycles. The number of phosphoric acid groups is 1. The molecule has 2 atom stereocenters. The maximum Gasteiger partial charge on any atom is 0.472 e. The van der Waals surface area contributed by atoms with Crippen LogP contribution >= 0.6 is 7.82 Å². The third-order valence-corrected chi connectivity index (χ3v) is 4.90. The van der Waals surface area contributed by atoms with Gasteiger partial charge in [0, 0.05) is 19.4 Å². The molecular formula is C19H31O8P. The van der Waals surface area contributed by atoms with Gasteiger partial charge in [-0.05, 0) is 18.6 Å². The number of hydrogen-bond acceptors (Lipinski definition) is 7. The molecule has 1 aromatic rings. The first-order valence-corrected chi connectivity index (χ1v) is 11.3. The Morgan fingerprint density at radius 1 is 1.07 bits per heavy atom. The second-order valence-corrected chi connectivity index (χ2v) is 7.82. The quantitative estimate of drug-likeness (QED) is 0.531. The molecule has 1 aliphatic rings. The number of rotatable bonds is 7. The highest BCUT2D eigenvalue weighted by Gasteiger charge is 2.23. The first-order valence-electron chi connectivity index (χ1n) is 9.76. The van der Waals surface area contributed by atoms with E-state index in [1.54, 1.807) is 0 Å². The molecule has 0 aliphatic carbocycles. The Kier molecular flexibility index (Phi) is 10.9. The van der Waals surface area contributed by atoms with Crippen molar-refractivity contribution in [2.75, 3.05) is 46.2 Å². The van der Waals surface area contributed by atoms with E-state index in [2.05, 4.69) is 0 Å². The molecule has 1 aromatic carbocycles. The lowest BCUT2D eigenvalue weighted by Crippen LogP contribution is -2.27. The van der Waals surface area contributed by atoms with Crippen LogP contribution in [0.15, 0.2) is 24.3 Å². The van der Waals surface area contributed by atoms with Gasteiger partial charge in [-0.3, -0.25) is 9.05 Å². The fourth-order valence-electron chi connectivity index (χ4n) is 2.42. The van der Waals surface area contributed by atoms with Crippen molar-refractivity contribution in [3.63, 3.8) is 0 Å². The summed E-state index contributed by atoms with van der Waals surface area (Å²) >= 11 is 0. The Morgan fingerprint density at radius 3 is 2.43 bits per heavy atom. The van der Waals surface area contributed by atoms with Crippen molar-refractivity contribution in [2.45, 2.75) is 38.7 Å². The maximum absolute atomic E-state index is 11.9. The van der Waals surface area contributed by atoms with Crippen molar-refractivity contribution < 1.29 is 37.5 Å². The molecule has 0 aromatic heterocycles. The van der Waals surface area contributed by atoms with Crippen LogP contribution in [-0.2, 0) is 23.1 Å². The first kappa shape index (κ1) is 23.1. The Bertz CT molecular complexity index is 597. The Balaban J connectivity index is 1.81. The summed E-state index contributed by atoms with van der Waals surface area (Å²) in [5, 5.41) is 0. The number of unbranched alkanes of at least 4 members (excludes halogenated alkanes) is 1. The number of hydrogen-bond donors (Lipinski definition) is 1. The smallest absolute Gasteiger partial charge is 0.472 e. The number of ether oxygens (including phenoxy) is 4. The first-order chi connectivity index (χ1) is 13.6. The van der Waals surface area contributed by atoms with Gasteiger partial charge >= 0.3 is 7.82 Å². The van der Waals surface area contributed by atoms with Gasteiger partial charge in [-0.15, -0.1) is 0 Å². The number of benzene rings is 1. The van der Waals surface area contributed by atoms with Gasteiger partial charge in [0.1, 0.15) is 6.10 Å². The minimum Gasteiger partial charge on any atom is -0.490 e. The van der Waals surface area contributed by atoms with Crippen molar-refractivity contribution >= 4 is 7.82 Å². The van der Waals surface area contributed by atoms with Gasteiger partial charge in [-0.2, -0.15) is 0 Å². The highest BCUT2D eigenvalue weighted by Crippen LogP contribution is 2.43. The summed E-state index contributed by atoms with van der Waals surface area (Å²) in [6, 6.07) is 7.55. The van der Waals surface area contributed by atoms with E-state index in [0.29, 0.717) is 57.2 Å². The summed E-state index contributed by atoms with van der Waals surface area (Å²) in [5.74, 6) is 1.42. The second-order valence-electron chi connectivity index (χ2n) is 6.37. The Morgan fingerprint density at radius 2 is 1.75 bits per heavy atom. The molecule has 0 fully saturated rings. The van der Waals surface area contributed by atoms with Gasteiger partial charge in [0.05, 0.1) is 39.6 Å². The number of phosphoric ester groups is 1. The minimum atomic E-state index is -4.08. The highest BCUT2D eigenvalue weighted by molar-refractivity contribution is 7.47. The summed E-state index contributed by atoms with van der Waals surface area (Å²) in [5.41, 5.74) is 0. The Labute approximate surface area is 166 Å². The van der Waals surface area contributed by atoms with E-state index in [1.807, 2.05) is 31.2 Å². The average Bonchev–Trinajstić information content (AvgIpc) is 2.68. The number of fused-ring (bicyclic) bond motifs is 1. The summed E-state index contributed by atoms with van der Waals surface area (Å²) in [6.45, 7) is 4.18. The summed E-state index contributed by atoms with van der Waals surface area (Å²) in [6.07, 6.45) is 2.44. The SMILES string of the molecule is CCCCOP(=O)(O)OCC1COCCCOc2ccccc2OCCCO1. The van der Waals surface area contributed by atoms with Crippen LogP contribution in [0.2, 0.25) is 0 Å². The molecule has 160 valence electrons. The molecule has 0 saturated carbocycles. The van der Waals surface area contributed by atoms with Gasteiger partial charge in [0.15, 0.2) is 11.5 Å². The second kappa shape index (κ2) is 13.1. The fourth-order valence-corrected chi connectivity index (χ4v) is 3.21. The predicted molar refractivity (Wildman–Crippen MR) is 104 cm³/mol. The summed E-state index contributed by atoms with van der Waals surface area (Å²) in [7, 11) is -4.08. The van der Waals surface area contributed by atoms with Crippen molar-refractivity contribution in [1.29, 1.82) is 0 Å². The zero-order chi connectivity index (χ0) is 20.1. The van der Waals surface area contributed by atoms with Gasteiger partial charge < -0.3 is 23.8 Å². The summed E-state index contributed by atoms with van der Waals surface area (Å²) in [4.78, 5) is 9.72. The molecule has 9 heteroatoms. The topological polar surface area (TPSA) is 92.7 Å². The lowest BCUT2D eigenvalue weighted by atomic mass is 10.3. The largest absolute Gasteiger partial charge is 0.490 e. The fraction of sp³-hybridized carbons (Fsp3) is 0.684. The van der Waals surface area contributed by atoms with Crippen LogP contribution in [-0.4, -0.2) is 57.2 Å². The van der Waals surface area contributed by atoms with Gasteiger partial charge in [0.25, 0.3) is 0 Å². The standard InChI is InChI=1S/C19H31O8P/c1-2-3-14-26-28(20,21)27-16-17-15-22-10-6-12-24-18-8-4-5-9-19(18)25-13-7-11-23-17/h4-5,8-9,17H,2-3,6-7,10-16H2,1H3,(H,20,21). The van der Waals surface area contributed by atoms with Crippen molar-refractivity contribution in [1.82, 2.24) is 0 Å². The third kappa shape index (κ3) is 9.37. The molecule has 0 bridgehead atoms. The van der Waals surface area contributed by atoms with Crippen LogP contribution < -0.4 is 9.47 Å². The molecule has 0 spiro atoms. The van der Waals surface area contributed by atoms with E-state index in [1.165, 1.54) is 0 Å². The monoisotopic (exact) mass is 418 g/mol. The zero-order valence-corrected chi connectivity index (χ0v) is 17.3. The van der Waals surface area contributed by atoms with Crippen LogP contribution in [0.4, 0.5) is 0 Å². The zero-order valence-electron chi connectivity index (χ0n) is 16.4. The van der Waals surface area contributed by atoms with Gasteiger partial charge in [0.2, 0.25) is 0 Å². The molecule has 0 radical (unpaired) electrons. The van der Waals surface area contributed by atoms with Crippen LogP contribution in [0, 0.1) is 0 Å². The molecule has 28 heavy (non-hydrogen) atoms. The van der Waals surface area contributed by atoms with E-state index in [-0.39, 0.29) is 19.8 Å². The molecule has 2 rings (SSSR count). The van der Waals surface area contributed by atoms with Crippen LogP contribution in [0.5, 0.6) is 11.5 Å². The lowest BCUT2D eigenvalue weighted by molar-refractivity contribution is -0.0470. The van der Waals surface area contributed by atoms with Gasteiger partial charge in [-0.25, -0.2) is 4.57 Å². The maximum atomic E-state index is 11.9. The van der Waals surface area contributed by atoms with E-state index < -0.39 is 13.9 Å². The average molecular weight is 418 g/mol. The molecule has 0 amide bonds. The molecule has 1 N–H and O–H groups in total. The molecule has 8 nitrogen and oxygen atoms in total. The molecule has 1 heterocycles. The van der Waals surface area contributed by atoms with Crippen LogP contribution in [0.3, 0.4) is 0 Å². The van der Waals surface area contributed by atoms with E-state index in [4.69, 9.17) is 28.0 Å². The van der Waals surface area contributed by atoms with E-state index >= 15 is 0 Å². The summed E-state index contributed by atoms with van der Waals surface area (Å²) < 4.78 is 44.7. The highest BCUT2D eigenvalue weighted by atomic mass is 31.2. The molecule has 0 saturated heterocycles. The predicted octanol–water partition coefficient (Wildman–Crippen LogP) is 3.57. The normalized spacial score (nSPS) is 21.4.